The van der Waals surface area contributed by atoms with E-state index < -0.39 is 0 Å². The molecule has 0 spiro atoms. The van der Waals surface area contributed by atoms with Crippen LogP contribution in [0.3, 0.4) is 0 Å². The van der Waals surface area contributed by atoms with Gasteiger partial charge >= 0.3 is 0 Å². The van der Waals surface area contributed by atoms with Gasteiger partial charge < -0.3 is 10.1 Å². The van der Waals surface area contributed by atoms with Crippen LogP contribution in [0.4, 0.5) is 0 Å². The first kappa shape index (κ1) is 7.06. The average molecular weight is 185 g/mol. The SMILES string of the molecule is S=C1NCCOc2sccc21. The lowest BCUT2D eigenvalue weighted by molar-refractivity contribution is 0.336. The zero-order chi connectivity index (χ0) is 7.68. The largest absolute Gasteiger partial charge is 0.481 e. The van der Waals surface area contributed by atoms with Crippen LogP contribution in [0, 0.1) is 0 Å². The van der Waals surface area contributed by atoms with Gasteiger partial charge in [-0.05, 0) is 11.4 Å². The summed E-state index contributed by atoms with van der Waals surface area (Å²) in [5, 5.41) is 6.03. The first-order valence-corrected chi connectivity index (χ1v) is 4.65. The number of thiocarbonyl (C=S) groups is 1. The Morgan fingerprint density at radius 1 is 1.64 bits per heavy atom. The first-order chi connectivity index (χ1) is 5.38. The van der Waals surface area contributed by atoms with Gasteiger partial charge in [0, 0.05) is 6.54 Å². The number of nitrogens with one attached hydrogen (secondary N) is 1. The van der Waals surface area contributed by atoms with Crippen LogP contribution in [0.1, 0.15) is 5.56 Å². The van der Waals surface area contributed by atoms with Gasteiger partial charge in [-0.3, -0.25) is 0 Å². The molecule has 0 aliphatic carbocycles. The highest BCUT2D eigenvalue weighted by Gasteiger charge is 2.13. The third-order valence-corrected chi connectivity index (χ3v) is 2.68. The summed E-state index contributed by atoms with van der Waals surface area (Å²) in [5.41, 5.74) is 1.03. The third-order valence-electron chi connectivity index (χ3n) is 1.50. The topological polar surface area (TPSA) is 21.3 Å². The third kappa shape index (κ3) is 1.23. The van der Waals surface area contributed by atoms with Gasteiger partial charge in [0.25, 0.3) is 0 Å². The van der Waals surface area contributed by atoms with Crippen molar-refractivity contribution in [2.24, 2.45) is 0 Å². The number of thiophene rings is 1. The lowest BCUT2D eigenvalue weighted by atomic mass is 10.3. The second kappa shape index (κ2) is 2.79. The number of rotatable bonds is 0. The van der Waals surface area contributed by atoms with Gasteiger partial charge in [0.1, 0.15) is 11.6 Å². The summed E-state index contributed by atoms with van der Waals surface area (Å²) in [6, 6.07) is 1.99. The predicted octanol–water partition coefficient (Wildman–Crippen LogP) is 1.41. The van der Waals surface area contributed by atoms with Crippen LogP contribution in [0.5, 0.6) is 5.06 Å². The quantitative estimate of drug-likeness (QED) is 0.617. The molecular weight excluding hydrogens is 178 g/mol. The minimum absolute atomic E-state index is 0.702. The molecule has 4 heteroatoms. The van der Waals surface area contributed by atoms with Crippen molar-refractivity contribution in [3.63, 3.8) is 0 Å². The maximum atomic E-state index is 5.43. The summed E-state index contributed by atoms with van der Waals surface area (Å²) >= 11 is 6.71. The molecule has 1 N–H and O–H groups in total. The molecule has 1 aromatic rings. The Balaban J connectivity index is 2.41. The van der Waals surface area contributed by atoms with E-state index in [9.17, 15) is 0 Å². The molecule has 0 aromatic carbocycles. The number of hydrogen-bond acceptors (Lipinski definition) is 3. The van der Waals surface area contributed by atoms with E-state index in [1.54, 1.807) is 11.3 Å². The van der Waals surface area contributed by atoms with E-state index in [4.69, 9.17) is 17.0 Å². The van der Waals surface area contributed by atoms with Gasteiger partial charge in [-0.15, -0.1) is 11.3 Å². The number of fused-ring (bicyclic) bond motifs is 1. The van der Waals surface area contributed by atoms with E-state index >= 15 is 0 Å². The smallest absolute Gasteiger partial charge is 0.184 e. The fourth-order valence-electron chi connectivity index (χ4n) is 0.979. The fourth-order valence-corrected chi connectivity index (χ4v) is 2.08. The molecule has 0 fully saturated rings. The van der Waals surface area contributed by atoms with Crippen molar-refractivity contribution in [2.45, 2.75) is 0 Å². The van der Waals surface area contributed by atoms with Crippen molar-refractivity contribution in [3.05, 3.63) is 17.0 Å². The van der Waals surface area contributed by atoms with Crippen molar-refractivity contribution >= 4 is 28.5 Å². The maximum Gasteiger partial charge on any atom is 0.184 e. The standard InChI is InChI=1S/C7H7NOS2/c10-6-5-1-4-11-7(5)9-3-2-8-6/h1,4H,2-3H2,(H,8,10). The van der Waals surface area contributed by atoms with Crippen LogP contribution in [0.15, 0.2) is 11.4 Å². The van der Waals surface area contributed by atoms with Crippen molar-refractivity contribution in [3.8, 4) is 5.06 Å². The molecule has 11 heavy (non-hydrogen) atoms. The minimum atomic E-state index is 0.702. The summed E-state index contributed by atoms with van der Waals surface area (Å²) in [7, 11) is 0. The first-order valence-electron chi connectivity index (χ1n) is 3.36. The zero-order valence-corrected chi connectivity index (χ0v) is 7.43. The molecule has 0 saturated heterocycles. The van der Waals surface area contributed by atoms with Crippen LogP contribution in [0.25, 0.3) is 0 Å². The van der Waals surface area contributed by atoms with Crippen LogP contribution < -0.4 is 10.1 Å². The molecule has 0 atom stereocenters. The Labute approximate surface area is 74.2 Å². The van der Waals surface area contributed by atoms with Crippen molar-refractivity contribution in [1.82, 2.24) is 5.32 Å². The summed E-state index contributed by atoms with van der Waals surface area (Å²) in [6.45, 7) is 1.51. The number of ether oxygens (including phenoxy) is 1. The van der Waals surface area contributed by atoms with E-state index in [2.05, 4.69) is 5.32 Å². The Morgan fingerprint density at radius 2 is 2.55 bits per heavy atom. The van der Waals surface area contributed by atoms with Gasteiger partial charge in [0.2, 0.25) is 0 Å². The van der Waals surface area contributed by atoms with Crippen molar-refractivity contribution in [2.75, 3.05) is 13.2 Å². The molecule has 0 amide bonds. The molecule has 0 saturated carbocycles. The second-order valence-corrected chi connectivity index (χ2v) is 3.51. The summed E-state index contributed by atoms with van der Waals surface area (Å²) < 4.78 is 5.43. The van der Waals surface area contributed by atoms with E-state index in [0.717, 1.165) is 22.2 Å². The van der Waals surface area contributed by atoms with E-state index in [1.165, 1.54) is 0 Å². The Bertz CT molecular complexity index is 282. The molecule has 2 nitrogen and oxygen atoms in total. The van der Waals surface area contributed by atoms with Crippen LogP contribution in [-0.2, 0) is 0 Å². The lowest BCUT2D eigenvalue weighted by Gasteiger charge is -1.97. The molecule has 2 rings (SSSR count). The van der Waals surface area contributed by atoms with Gasteiger partial charge in [-0.1, -0.05) is 12.2 Å². The fraction of sp³-hybridized carbons (Fsp3) is 0.286. The molecule has 0 unspecified atom stereocenters. The predicted molar refractivity (Wildman–Crippen MR) is 49.5 cm³/mol. The lowest BCUT2D eigenvalue weighted by Crippen LogP contribution is -2.23. The van der Waals surface area contributed by atoms with Crippen molar-refractivity contribution in [1.29, 1.82) is 0 Å². The summed E-state index contributed by atoms with van der Waals surface area (Å²) in [6.07, 6.45) is 0. The van der Waals surface area contributed by atoms with E-state index in [-0.39, 0.29) is 0 Å². The summed E-state index contributed by atoms with van der Waals surface area (Å²) in [4.78, 5) is 0.804. The Kier molecular flexibility index (Phi) is 1.79. The van der Waals surface area contributed by atoms with E-state index in [0.29, 0.717) is 6.61 Å². The molecule has 1 aromatic heterocycles. The van der Waals surface area contributed by atoms with Gasteiger partial charge in [-0.2, -0.15) is 0 Å². The highest BCUT2D eigenvalue weighted by molar-refractivity contribution is 7.80. The van der Waals surface area contributed by atoms with Gasteiger partial charge in [0.05, 0.1) is 5.56 Å². The highest BCUT2D eigenvalue weighted by Crippen LogP contribution is 2.27. The molecule has 0 radical (unpaired) electrons. The minimum Gasteiger partial charge on any atom is -0.481 e. The van der Waals surface area contributed by atoms with Gasteiger partial charge in [0.15, 0.2) is 5.06 Å². The Hall–Kier alpha value is -0.610. The van der Waals surface area contributed by atoms with Gasteiger partial charge in [-0.25, -0.2) is 0 Å². The summed E-state index contributed by atoms with van der Waals surface area (Å²) in [5.74, 6) is 0. The highest BCUT2D eigenvalue weighted by atomic mass is 32.1. The average Bonchev–Trinajstić information content (AvgIpc) is 2.40. The molecule has 58 valence electrons. The van der Waals surface area contributed by atoms with Crippen LogP contribution in [-0.4, -0.2) is 18.1 Å². The molecule has 0 bridgehead atoms. The van der Waals surface area contributed by atoms with Crippen LogP contribution in [0.2, 0.25) is 0 Å². The van der Waals surface area contributed by atoms with Crippen molar-refractivity contribution < 1.29 is 4.74 Å². The molecule has 1 aliphatic heterocycles. The monoisotopic (exact) mass is 185 g/mol. The van der Waals surface area contributed by atoms with E-state index in [1.807, 2.05) is 11.4 Å². The number of hydrogen-bond donors (Lipinski definition) is 1. The second-order valence-electron chi connectivity index (χ2n) is 2.23. The molecular formula is C7H7NOS2. The Morgan fingerprint density at radius 3 is 3.45 bits per heavy atom. The zero-order valence-electron chi connectivity index (χ0n) is 5.79. The maximum absolute atomic E-state index is 5.43. The molecule has 2 heterocycles. The normalized spacial score (nSPS) is 16.2. The van der Waals surface area contributed by atoms with Crippen LogP contribution >= 0.6 is 23.6 Å². The molecule has 1 aliphatic rings.